The molecule has 0 N–H and O–H groups in total. The molecule has 1 aromatic heterocycles. The summed E-state index contributed by atoms with van der Waals surface area (Å²) in [5.74, 6) is 0.849. The highest BCUT2D eigenvalue weighted by Crippen LogP contribution is 2.13. The lowest BCUT2D eigenvalue weighted by atomic mass is 10.5. The Morgan fingerprint density at radius 2 is 2.00 bits per heavy atom. The standard InChI is InChI=1S/C5H5NO2.C2H6/c1-4-2-3-5(6-7)8-4;1-2/h2-3H,1H3;1-2H3. The molecule has 0 unspecified atom stereocenters. The van der Waals surface area contributed by atoms with Gasteiger partial charge in [-0.2, -0.15) is 0 Å². The third-order valence-corrected chi connectivity index (χ3v) is 0.816. The van der Waals surface area contributed by atoms with Gasteiger partial charge in [0.05, 0.1) is 0 Å². The van der Waals surface area contributed by atoms with E-state index in [1.807, 2.05) is 13.8 Å². The predicted molar refractivity (Wildman–Crippen MR) is 40.2 cm³/mol. The zero-order chi connectivity index (χ0) is 7.98. The summed E-state index contributed by atoms with van der Waals surface area (Å²) in [5.41, 5.74) is 0. The van der Waals surface area contributed by atoms with Crippen LogP contribution in [0.15, 0.2) is 21.7 Å². The van der Waals surface area contributed by atoms with Crippen molar-refractivity contribution in [3.63, 3.8) is 0 Å². The number of hydrogen-bond donors (Lipinski definition) is 0. The Labute approximate surface area is 60.0 Å². The summed E-state index contributed by atoms with van der Waals surface area (Å²) >= 11 is 0. The molecule has 1 rings (SSSR count). The lowest BCUT2D eigenvalue weighted by Crippen LogP contribution is -1.50. The van der Waals surface area contributed by atoms with Gasteiger partial charge in [-0.1, -0.05) is 13.8 Å². The van der Waals surface area contributed by atoms with Gasteiger partial charge in [-0.25, -0.2) is 0 Å². The quantitative estimate of drug-likeness (QED) is 0.564. The monoisotopic (exact) mass is 141 g/mol. The Balaban J connectivity index is 0.000000371. The summed E-state index contributed by atoms with van der Waals surface area (Å²) in [6, 6.07) is 3.22. The molecule has 0 saturated carbocycles. The van der Waals surface area contributed by atoms with Crippen molar-refractivity contribution in [1.29, 1.82) is 0 Å². The largest absolute Gasteiger partial charge is 0.441 e. The minimum atomic E-state index is 0.141. The van der Waals surface area contributed by atoms with E-state index in [-0.39, 0.29) is 5.88 Å². The molecule has 0 bridgehead atoms. The summed E-state index contributed by atoms with van der Waals surface area (Å²) in [5, 5.41) is 2.57. The molecular weight excluding hydrogens is 130 g/mol. The van der Waals surface area contributed by atoms with Crippen molar-refractivity contribution in [2.75, 3.05) is 0 Å². The first kappa shape index (κ1) is 8.88. The molecule has 0 amide bonds. The van der Waals surface area contributed by atoms with E-state index in [4.69, 9.17) is 4.42 Å². The fourth-order valence-electron chi connectivity index (χ4n) is 0.471. The first-order chi connectivity index (χ1) is 4.83. The highest BCUT2D eigenvalue weighted by Gasteiger charge is 1.93. The Kier molecular flexibility index (Phi) is 4.20. The van der Waals surface area contributed by atoms with Crippen molar-refractivity contribution in [2.45, 2.75) is 20.8 Å². The molecule has 1 aromatic rings. The van der Waals surface area contributed by atoms with E-state index in [0.717, 1.165) is 0 Å². The van der Waals surface area contributed by atoms with Gasteiger partial charge < -0.3 is 4.42 Å². The van der Waals surface area contributed by atoms with Crippen LogP contribution < -0.4 is 0 Å². The molecule has 0 spiro atoms. The average Bonchev–Trinajstić information content (AvgIpc) is 2.40. The summed E-state index contributed by atoms with van der Waals surface area (Å²) in [6.07, 6.45) is 0. The SMILES string of the molecule is CC.Cc1ccc(N=O)o1. The van der Waals surface area contributed by atoms with E-state index < -0.39 is 0 Å². The third kappa shape index (κ3) is 2.44. The number of aryl methyl sites for hydroxylation is 1. The molecule has 0 radical (unpaired) electrons. The normalized spacial score (nSPS) is 7.90. The van der Waals surface area contributed by atoms with Crippen molar-refractivity contribution >= 4 is 5.88 Å². The van der Waals surface area contributed by atoms with E-state index in [0.29, 0.717) is 5.76 Å². The van der Waals surface area contributed by atoms with E-state index in [1.165, 1.54) is 6.07 Å². The summed E-state index contributed by atoms with van der Waals surface area (Å²) < 4.78 is 4.75. The van der Waals surface area contributed by atoms with Crippen molar-refractivity contribution in [2.24, 2.45) is 5.18 Å². The molecule has 56 valence electrons. The number of nitrogens with zero attached hydrogens (tertiary/aromatic N) is 1. The van der Waals surface area contributed by atoms with Crippen LogP contribution in [-0.2, 0) is 0 Å². The minimum Gasteiger partial charge on any atom is -0.441 e. The van der Waals surface area contributed by atoms with Gasteiger partial charge in [-0.15, -0.1) is 4.91 Å². The Hall–Kier alpha value is -1.12. The number of hydrogen-bond acceptors (Lipinski definition) is 3. The second kappa shape index (κ2) is 4.73. The molecule has 0 saturated heterocycles. The second-order valence-electron chi connectivity index (χ2n) is 1.48. The van der Waals surface area contributed by atoms with Crippen molar-refractivity contribution in [3.05, 3.63) is 22.8 Å². The lowest BCUT2D eigenvalue weighted by molar-refractivity contribution is 0.544. The fraction of sp³-hybridized carbons (Fsp3) is 0.429. The van der Waals surface area contributed by atoms with Gasteiger partial charge in [0.1, 0.15) is 5.76 Å². The molecule has 10 heavy (non-hydrogen) atoms. The van der Waals surface area contributed by atoms with E-state index in [2.05, 4.69) is 5.18 Å². The number of rotatable bonds is 1. The molecular formula is C7H11NO2. The minimum absolute atomic E-state index is 0.141. The van der Waals surface area contributed by atoms with Gasteiger partial charge in [0.2, 0.25) is 0 Å². The van der Waals surface area contributed by atoms with Crippen molar-refractivity contribution in [1.82, 2.24) is 0 Å². The zero-order valence-corrected chi connectivity index (χ0v) is 6.42. The van der Waals surface area contributed by atoms with Crippen LogP contribution in [0.5, 0.6) is 0 Å². The van der Waals surface area contributed by atoms with Gasteiger partial charge in [-0.3, -0.25) is 0 Å². The molecule has 0 aliphatic carbocycles. The van der Waals surface area contributed by atoms with Crippen LogP contribution in [0.4, 0.5) is 5.88 Å². The molecule has 0 aliphatic rings. The number of furan rings is 1. The topological polar surface area (TPSA) is 42.6 Å². The van der Waals surface area contributed by atoms with Gasteiger partial charge in [0.15, 0.2) is 0 Å². The molecule has 1 heterocycles. The summed E-state index contributed by atoms with van der Waals surface area (Å²) in [7, 11) is 0. The fourth-order valence-corrected chi connectivity index (χ4v) is 0.471. The van der Waals surface area contributed by atoms with Crippen LogP contribution in [0.1, 0.15) is 19.6 Å². The highest BCUT2D eigenvalue weighted by atomic mass is 16.4. The van der Waals surface area contributed by atoms with Crippen molar-refractivity contribution in [3.8, 4) is 0 Å². The van der Waals surface area contributed by atoms with Crippen LogP contribution in [0.2, 0.25) is 0 Å². The summed E-state index contributed by atoms with van der Waals surface area (Å²) in [6.45, 7) is 5.76. The molecule has 3 nitrogen and oxygen atoms in total. The Morgan fingerprint density at radius 3 is 2.20 bits per heavy atom. The van der Waals surface area contributed by atoms with Gasteiger partial charge in [-0.05, 0) is 13.0 Å². The highest BCUT2D eigenvalue weighted by molar-refractivity contribution is 5.23. The van der Waals surface area contributed by atoms with Crippen molar-refractivity contribution < 1.29 is 4.42 Å². The molecule has 3 heteroatoms. The zero-order valence-electron chi connectivity index (χ0n) is 6.42. The smallest absolute Gasteiger partial charge is 0.260 e. The maximum atomic E-state index is 9.68. The van der Waals surface area contributed by atoms with Crippen LogP contribution in [-0.4, -0.2) is 0 Å². The molecule has 0 fully saturated rings. The second-order valence-corrected chi connectivity index (χ2v) is 1.48. The Bertz CT molecular complexity index is 193. The van der Waals surface area contributed by atoms with Crippen LogP contribution >= 0.6 is 0 Å². The number of nitroso groups, excluding NO2 is 1. The first-order valence-corrected chi connectivity index (χ1v) is 3.23. The molecule has 0 aliphatic heterocycles. The molecule has 0 aromatic carbocycles. The van der Waals surface area contributed by atoms with Gasteiger partial charge in [0, 0.05) is 11.2 Å². The maximum Gasteiger partial charge on any atom is 0.260 e. The van der Waals surface area contributed by atoms with Gasteiger partial charge in [0.25, 0.3) is 5.88 Å². The maximum absolute atomic E-state index is 9.68. The van der Waals surface area contributed by atoms with E-state index in [9.17, 15) is 4.91 Å². The third-order valence-electron chi connectivity index (χ3n) is 0.816. The lowest BCUT2D eigenvalue weighted by Gasteiger charge is -1.74. The molecule has 0 atom stereocenters. The first-order valence-electron chi connectivity index (χ1n) is 3.23. The van der Waals surface area contributed by atoms with E-state index >= 15 is 0 Å². The van der Waals surface area contributed by atoms with E-state index in [1.54, 1.807) is 13.0 Å². The van der Waals surface area contributed by atoms with Crippen LogP contribution in [0.3, 0.4) is 0 Å². The van der Waals surface area contributed by atoms with Gasteiger partial charge >= 0.3 is 0 Å². The summed E-state index contributed by atoms with van der Waals surface area (Å²) in [4.78, 5) is 9.68. The van der Waals surface area contributed by atoms with Crippen LogP contribution in [0, 0.1) is 11.8 Å². The Morgan fingerprint density at radius 1 is 1.40 bits per heavy atom. The predicted octanol–water partition coefficient (Wildman–Crippen LogP) is 3.01. The van der Waals surface area contributed by atoms with Crippen LogP contribution in [0.25, 0.3) is 0 Å². The average molecular weight is 141 g/mol.